The van der Waals surface area contributed by atoms with E-state index in [1.807, 2.05) is 66.9 Å². The Labute approximate surface area is 179 Å². The number of thiophene rings is 1. The molecule has 0 aliphatic heterocycles. The molecule has 0 fully saturated rings. The van der Waals surface area contributed by atoms with Crippen LogP contribution in [0.4, 0.5) is 5.69 Å². The number of ketones is 1. The average Bonchev–Trinajstić information content (AvgIpc) is 3.30. The van der Waals surface area contributed by atoms with Crippen molar-refractivity contribution in [3.63, 3.8) is 0 Å². The molecule has 1 aromatic heterocycles. The predicted octanol–water partition coefficient (Wildman–Crippen LogP) is 4.80. The lowest BCUT2D eigenvalue weighted by Gasteiger charge is -2.23. The minimum atomic E-state index is -0.558. The number of nitrogens with zero attached hydrogens (tertiary/aromatic N) is 1. The highest BCUT2D eigenvalue weighted by Crippen LogP contribution is 2.19. The summed E-state index contributed by atoms with van der Waals surface area (Å²) in [4.78, 5) is 39.1. The lowest BCUT2D eigenvalue weighted by Crippen LogP contribution is -2.34. The number of benzene rings is 2. The van der Waals surface area contributed by atoms with Gasteiger partial charge in [-0.1, -0.05) is 48.5 Å². The fourth-order valence-electron chi connectivity index (χ4n) is 2.95. The molecule has 3 aromatic rings. The molecule has 1 amide bonds. The highest BCUT2D eigenvalue weighted by atomic mass is 32.1. The molecule has 1 heterocycles. The van der Waals surface area contributed by atoms with Gasteiger partial charge in [0.2, 0.25) is 0 Å². The van der Waals surface area contributed by atoms with Crippen LogP contribution in [0.25, 0.3) is 0 Å². The molecule has 5 nitrogen and oxygen atoms in total. The van der Waals surface area contributed by atoms with E-state index in [1.165, 1.54) is 11.3 Å². The quantitative estimate of drug-likeness (QED) is 0.368. The van der Waals surface area contributed by atoms with Crippen molar-refractivity contribution in [1.29, 1.82) is 0 Å². The molecule has 0 N–H and O–H groups in total. The van der Waals surface area contributed by atoms with Gasteiger partial charge in [0.05, 0.1) is 17.8 Å². The number of hydrogen-bond acceptors (Lipinski definition) is 5. The molecule has 0 atom stereocenters. The summed E-state index contributed by atoms with van der Waals surface area (Å²) in [5, 5.41) is 1.82. The number of carbonyl (C=O) groups is 3. The summed E-state index contributed by atoms with van der Waals surface area (Å²) in [7, 11) is 0. The minimum Gasteiger partial charge on any atom is -0.456 e. The SMILES string of the molecule is Cc1cccc(N(Cc2ccccc2)C(=O)COC(=O)CCC(=O)c2cccs2)c1. The van der Waals surface area contributed by atoms with Gasteiger partial charge >= 0.3 is 5.97 Å². The summed E-state index contributed by atoms with van der Waals surface area (Å²) >= 11 is 1.34. The molecule has 30 heavy (non-hydrogen) atoms. The Morgan fingerprint density at radius 1 is 0.933 bits per heavy atom. The highest BCUT2D eigenvalue weighted by molar-refractivity contribution is 7.12. The molecule has 2 aromatic carbocycles. The second kappa shape index (κ2) is 10.5. The maximum absolute atomic E-state index is 12.9. The number of anilines is 1. The highest BCUT2D eigenvalue weighted by Gasteiger charge is 2.19. The zero-order valence-corrected chi connectivity index (χ0v) is 17.6. The topological polar surface area (TPSA) is 63.7 Å². The van der Waals surface area contributed by atoms with Gasteiger partial charge in [0.25, 0.3) is 5.91 Å². The van der Waals surface area contributed by atoms with Gasteiger partial charge in [-0.3, -0.25) is 14.4 Å². The van der Waals surface area contributed by atoms with Crippen molar-refractivity contribution in [2.45, 2.75) is 26.3 Å². The van der Waals surface area contributed by atoms with Crippen molar-refractivity contribution in [3.05, 3.63) is 88.1 Å². The maximum Gasteiger partial charge on any atom is 0.306 e. The Balaban J connectivity index is 1.60. The summed E-state index contributed by atoms with van der Waals surface area (Å²) in [5.41, 5.74) is 2.75. The Morgan fingerprint density at radius 2 is 1.73 bits per heavy atom. The van der Waals surface area contributed by atoms with Crippen molar-refractivity contribution in [3.8, 4) is 0 Å². The van der Waals surface area contributed by atoms with Crippen LogP contribution >= 0.6 is 11.3 Å². The van der Waals surface area contributed by atoms with E-state index < -0.39 is 5.97 Å². The van der Waals surface area contributed by atoms with E-state index in [0.29, 0.717) is 11.4 Å². The van der Waals surface area contributed by atoms with E-state index in [-0.39, 0.29) is 31.1 Å². The van der Waals surface area contributed by atoms with Gasteiger partial charge in [0.1, 0.15) is 0 Å². The number of esters is 1. The van der Waals surface area contributed by atoms with E-state index in [1.54, 1.807) is 17.0 Å². The van der Waals surface area contributed by atoms with Crippen molar-refractivity contribution in [1.82, 2.24) is 0 Å². The van der Waals surface area contributed by atoms with Crippen LogP contribution in [-0.2, 0) is 20.9 Å². The first-order valence-electron chi connectivity index (χ1n) is 9.66. The summed E-state index contributed by atoms with van der Waals surface area (Å²) < 4.78 is 5.16. The van der Waals surface area contributed by atoms with Crippen LogP contribution in [0.2, 0.25) is 0 Å². The van der Waals surface area contributed by atoms with Crippen LogP contribution in [0, 0.1) is 6.92 Å². The Bertz CT molecular complexity index is 999. The van der Waals surface area contributed by atoms with E-state index in [4.69, 9.17) is 4.74 Å². The van der Waals surface area contributed by atoms with Crippen LogP contribution in [0.5, 0.6) is 0 Å². The van der Waals surface area contributed by atoms with E-state index >= 15 is 0 Å². The Morgan fingerprint density at radius 3 is 2.43 bits per heavy atom. The van der Waals surface area contributed by atoms with Crippen LogP contribution in [-0.4, -0.2) is 24.3 Å². The van der Waals surface area contributed by atoms with Gasteiger partial charge in [-0.15, -0.1) is 11.3 Å². The lowest BCUT2D eigenvalue weighted by molar-refractivity contribution is -0.147. The summed E-state index contributed by atoms with van der Waals surface area (Å²) in [6.45, 7) is 1.96. The molecule has 3 rings (SSSR count). The third-order valence-corrected chi connectivity index (χ3v) is 5.42. The van der Waals surface area contributed by atoms with Gasteiger partial charge in [0.15, 0.2) is 12.4 Å². The first-order valence-corrected chi connectivity index (χ1v) is 10.5. The summed E-state index contributed by atoms with van der Waals surface area (Å²) in [5.74, 6) is -0.974. The molecule has 0 aliphatic rings. The second-order valence-corrected chi connectivity index (χ2v) is 7.81. The Hall–Kier alpha value is -3.25. The largest absolute Gasteiger partial charge is 0.456 e. The number of hydrogen-bond donors (Lipinski definition) is 0. The summed E-state index contributed by atoms with van der Waals surface area (Å²) in [6.07, 6.45) is 0.0201. The molecule has 0 radical (unpaired) electrons. The standard InChI is InChI=1S/C24H23NO4S/c1-18-7-5-10-20(15-18)25(16-19-8-3-2-4-9-19)23(27)17-29-24(28)13-12-21(26)22-11-6-14-30-22/h2-11,14-15H,12-13,16-17H2,1H3. The van der Waals surface area contributed by atoms with E-state index in [0.717, 1.165) is 16.8 Å². The molecular weight excluding hydrogens is 398 g/mol. The maximum atomic E-state index is 12.9. The van der Waals surface area contributed by atoms with Crippen molar-refractivity contribution < 1.29 is 19.1 Å². The molecule has 6 heteroatoms. The van der Waals surface area contributed by atoms with Gasteiger partial charge in [-0.25, -0.2) is 0 Å². The Kier molecular flexibility index (Phi) is 7.51. The van der Waals surface area contributed by atoms with E-state index in [2.05, 4.69) is 0 Å². The third-order valence-electron chi connectivity index (χ3n) is 4.51. The fourth-order valence-corrected chi connectivity index (χ4v) is 3.65. The lowest BCUT2D eigenvalue weighted by atomic mass is 10.1. The zero-order valence-electron chi connectivity index (χ0n) is 16.7. The van der Waals surface area contributed by atoms with Crippen LogP contribution < -0.4 is 4.90 Å². The molecule has 0 bridgehead atoms. The van der Waals surface area contributed by atoms with Gasteiger partial charge < -0.3 is 9.64 Å². The minimum absolute atomic E-state index is 0.0485. The van der Waals surface area contributed by atoms with Crippen molar-refractivity contribution in [2.24, 2.45) is 0 Å². The van der Waals surface area contributed by atoms with Gasteiger partial charge in [-0.05, 0) is 41.6 Å². The van der Waals surface area contributed by atoms with Crippen LogP contribution in [0.3, 0.4) is 0 Å². The molecule has 0 saturated carbocycles. The number of ether oxygens (including phenoxy) is 1. The fraction of sp³-hybridized carbons (Fsp3) is 0.208. The number of carbonyl (C=O) groups excluding carboxylic acids is 3. The molecule has 0 spiro atoms. The van der Waals surface area contributed by atoms with Crippen LogP contribution in [0.1, 0.15) is 33.6 Å². The first kappa shape index (κ1) is 21.5. The number of aryl methyl sites for hydroxylation is 1. The number of amides is 1. The third kappa shape index (κ3) is 6.12. The average molecular weight is 422 g/mol. The normalized spacial score (nSPS) is 10.4. The van der Waals surface area contributed by atoms with Crippen molar-refractivity contribution in [2.75, 3.05) is 11.5 Å². The van der Waals surface area contributed by atoms with Crippen molar-refractivity contribution >= 4 is 34.7 Å². The first-order chi connectivity index (χ1) is 14.5. The molecule has 0 unspecified atom stereocenters. The van der Waals surface area contributed by atoms with Crippen LogP contribution in [0.15, 0.2) is 72.1 Å². The molecule has 0 aliphatic carbocycles. The predicted molar refractivity (Wildman–Crippen MR) is 118 cm³/mol. The zero-order chi connectivity index (χ0) is 21.3. The smallest absolute Gasteiger partial charge is 0.306 e. The molecular formula is C24H23NO4S. The number of rotatable bonds is 9. The monoisotopic (exact) mass is 421 g/mol. The van der Waals surface area contributed by atoms with E-state index in [9.17, 15) is 14.4 Å². The molecule has 154 valence electrons. The second-order valence-electron chi connectivity index (χ2n) is 6.87. The van der Waals surface area contributed by atoms with Gasteiger partial charge in [-0.2, -0.15) is 0 Å². The van der Waals surface area contributed by atoms with Gasteiger partial charge in [0, 0.05) is 12.1 Å². The molecule has 0 saturated heterocycles. The summed E-state index contributed by atoms with van der Waals surface area (Å²) in [6, 6.07) is 20.8. The number of Topliss-reactive ketones (excluding diaryl/α,β-unsaturated/α-hetero) is 1.